The minimum absolute atomic E-state index is 0.0523. The highest BCUT2D eigenvalue weighted by atomic mass is 79.9. The van der Waals surface area contributed by atoms with Gasteiger partial charge in [0.25, 0.3) is 0 Å². The summed E-state index contributed by atoms with van der Waals surface area (Å²) < 4.78 is 6.42. The Balaban J connectivity index is 2.21. The molecule has 1 amide bonds. The SMILES string of the molecule is CC(C)(C)OC(=O)N1CCCC1c1ccc(Cl)cc1Br. The van der Waals surface area contributed by atoms with Gasteiger partial charge in [0.1, 0.15) is 5.60 Å². The van der Waals surface area contributed by atoms with Crippen LogP contribution in [0.5, 0.6) is 0 Å². The number of carbonyl (C=O) groups is 1. The molecule has 1 atom stereocenters. The lowest BCUT2D eigenvalue weighted by Gasteiger charge is -2.29. The predicted octanol–water partition coefficient (Wildman–Crippen LogP) is 5.17. The summed E-state index contributed by atoms with van der Waals surface area (Å²) in [5.41, 5.74) is 0.610. The van der Waals surface area contributed by atoms with Crippen LogP contribution in [0.3, 0.4) is 0 Å². The molecule has 0 saturated carbocycles. The molecule has 20 heavy (non-hydrogen) atoms. The van der Waals surface area contributed by atoms with E-state index in [0.29, 0.717) is 5.02 Å². The molecule has 1 aliphatic heterocycles. The van der Waals surface area contributed by atoms with Crippen LogP contribution in [0.2, 0.25) is 5.02 Å². The monoisotopic (exact) mass is 359 g/mol. The van der Waals surface area contributed by atoms with Crippen molar-refractivity contribution in [2.45, 2.75) is 45.3 Å². The fraction of sp³-hybridized carbons (Fsp3) is 0.533. The third-order valence-electron chi connectivity index (χ3n) is 3.20. The second-order valence-corrected chi connectivity index (χ2v) is 7.29. The molecule has 0 N–H and O–H groups in total. The fourth-order valence-corrected chi connectivity index (χ4v) is 3.35. The Kier molecular flexibility index (Phi) is 4.65. The smallest absolute Gasteiger partial charge is 0.410 e. The van der Waals surface area contributed by atoms with Crippen LogP contribution in [-0.2, 0) is 4.74 Å². The Hall–Kier alpha value is -0.740. The van der Waals surface area contributed by atoms with Gasteiger partial charge in [-0.1, -0.05) is 33.6 Å². The summed E-state index contributed by atoms with van der Waals surface area (Å²) in [6, 6.07) is 5.74. The highest BCUT2D eigenvalue weighted by molar-refractivity contribution is 9.10. The number of rotatable bonds is 1. The Morgan fingerprint density at radius 2 is 2.15 bits per heavy atom. The highest BCUT2D eigenvalue weighted by Gasteiger charge is 2.33. The van der Waals surface area contributed by atoms with Crippen molar-refractivity contribution in [3.05, 3.63) is 33.3 Å². The van der Waals surface area contributed by atoms with E-state index < -0.39 is 5.60 Å². The molecule has 1 fully saturated rings. The summed E-state index contributed by atoms with van der Waals surface area (Å²) in [5.74, 6) is 0. The van der Waals surface area contributed by atoms with Gasteiger partial charge in [-0.2, -0.15) is 0 Å². The average Bonchev–Trinajstić information content (AvgIpc) is 2.75. The highest BCUT2D eigenvalue weighted by Crippen LogP contribution is 2.37. The van der Waals surface area contributed by atoms with Crippen LogP contribution < -0.4 is 0 Å². The molecule has 0 aliphatic carbocycles. The molecule has 1 aliphatic rings. The second-order valence-electron chi connectivity index (χ2n) is 6.00. The van der Waals surface area contributed by atoms with Crippen molar-refractivity contribution in [3.8, 4) is 0 Å². The molecule has 0 spiro atoms. The lowest BCUT2D eigenvalue weighted by Crippen LogP contribution is -2.36. The fourth-order valence-electron chi connectivity index (χ4n) is 2.40. The number of hydrogen-bond acceptors (Lipinski definition) is 2. The van der Waals surface area contributed by atoms with E-state index in [0.717, 1.165) is 29.4 Å². The van der Waals surface area contributed by atoms with E-state index >= 15 is 0 Å². The van der Waals surface area contributed by atoms with Gasteiger partial charge >= 0.3 is 6.09 Å². The molecule has 1 aromatic rings. The van der Waals surface area contributed by atoms with Crippen LogP contribution in [0.1, 0.15) is 45.2 Å². The summed E-state index contributed by atoms with van der Waals surface area (Å²) in [6.07, 6.45) is 1.68. The molecular formula is C15H19BrClNO2. The Bertz CT molecular complexity index is 513. The zero-order valence-corrected chi connectivity index (χ0v) is 14.3. The number of amides is 1. The summed E-state index contributed by atoms with van der Waals surface area (Å²) in [7, 11) is 0. The number of likely N-dealkylation sites (tertiary alicyclic amines) is 1. The van der Waals surface area contributed by atoms with Crippen LogP contribution in [0, 0.1) is 0 Å². The lowest BCUT2D eigenvalue weighted by molar-refractivity contribution is 0.0224. The van der Waals surface area contributed by atoms with E-state index in [1.54, 1.807) is 4.90 Å². The first-order valence-corrected chi connectivity index (χ1v) is 7.89. The van der Waals surface area contributed by atoms with E-state index in [1.165, 1.54) is 0 Å². The first-order valence-electron chi connectivity index (χ1n) is 6.72. The number of hydrogen-bond donors (Lipinski definition) is 0. The normalized spacial score (nSPS) is 19.2. The quantitative estimate of drug-likeness (QED) is 0.691. The van der Waals surface area contributed by atoms with Gasteiger partial charge < -0.3 is 9.64 Å². The molecule has 0 bridgehead atoms. The minimum atomic E-state index is -0.471. The van der Waals surface area contributed by atoms with Crippen LogP contribution in [0.25, 0.3) is 0 Å². The van der Waals surface area contributed by atoms with Crippen molar-refractivity contribution >= 4 is 33.6 Å². The van der Waals surface area contributed by atoms with Gasteiger partial charge in [-0.25, -0.2) is 4.79 Å². The van der Waals surface area contributed by atoms with Crippen LogP contribution >= 0.6 is 27.5 Å². The number of benzene rings is 1. The molecule has 0 aromatic heterocycles. The predicted molar refractivity (Wildman–Crippen MR) is 84.1 cm³/mol. The number of halogens is 2. The largest absolute Gasteiger partial charge is 0.444 e. The third-order valence-corrected chi connectivity index (χ3v) is 4.12. The molecule has 110 valence electrons. The van der Waals surface area contributed by atoms with Crippen molar-refractivity contribution in [1.29, 1.82) is 0 Å². The van der Waals surface area contributed by atoms with Gasteiger partial charge in [0.15, 0.2) is 0 Å². The first-order chi connectivity index (χ1) is 9.28. The van der Waals surface area contributed by atoms with Gasteiger partial charge in [-0.3, -0.25) is 0 Å². The standard InChI is InChI=1S/C15H19BrClNO2/c1-15(2,3)20-14(19)18-8-4-5-13(18)11-7-6-10(17)9-12(11)16/h6-7,9,13H,4-5,8H2,1-3H3. The minimum Gasteiger partial charge on any atom is -0.444 e. The molecule has 0 radical (unpaired) electrons. The van der Waals surface area contributed by atoms with Crippen LogP contribution in [-0.4, -0.2) is 23.1 Å². The summed E-state index contributed by atoms with van der Waals surface area (Å²) in [4.78, 5) is 14.1. The molecule has 2 rings (SSSR count). The molecular weight excluding hydrogens is 342 g/mol. The summed E-state index contributed by atoms with van der Waals surface area (Å²) in [5, 5.41) is 0.683. The molecule has 5 heteroatoms. The molecule has 3 nitrogen and oxygen atoms in total. The van der Waals surface area contributed by atoms with Crippen molar-refractivity contribution in [2.75, 3.05) is 6.54 Å². The van der Waals surface area contributed by atoms with E-state index in [1.807, 2.05) is 39.0 Å². The molecule has 1 saturated heterocycles. The summed E-state index contributed by atoms with van der Waals surface area (Å²) >= 11 is 9.51. The van der Waals surface area contributed by atoms with Gasteiger partial charge in [-0.15, -0.1) is 0 Å². The van der Waals surface area contributed by atoms with Crippen molar-refractivity contribution in [1.82, 2.24) is 4.90 Å². The van der Waals surface area contributed by atoms with E-state index in [-0.39, 0.29) is 12.1 Å². The Labute approximate surface area is 133 Å². The number of carbonyl (C=O) groups excluding carboxylic acids is 1. The van der Waals surface area contributed by atoms with Gasteiger partial charge in [0.05, 0.1) is 6.04 Å². The maximum Gasteiger partial charge on any atom is 0.410 e. The number of ether oxygens (including phenoxy) is 1. The molecule has 1 aromatic carbocycles. The Morgan fingerprint density at radius 3 is 2.75 bits per heavy atom. The van der Waals surface area contributed by atoms with Crippen molar-refractivity contribution in [2.24, 2.45) is 0 Å². The summed E-state index contributed by atoms with van der Waals surface area (Å²) in [6.45, 7) is 6.38. The Morgan fingerprint density at radius 1 is 1.45 bits per heavy atom. The van der Waals surface area contributed by atoms with Crippen LogP contribution in [0.4, 0.5) is 4.79 Å². The van der Waals surface area contributed by atoms with Gasteiger partial charge in [0, 0.05) is 16.0 Å². The van der Waals surface area contributed by atoms with Crippen LogP contribution in [0.15, 0.2) is 22.7 Å². The number of nitrogens with zero attached hydrogens (tertiary/aromatic N) is 1. The first kappa shape index (κ1) is 15.6. The molecule has 1 heterocycles. The zero-order chi connectivity index (χ0) is 14.9. The van der Waals surface area contributed by atoms with E-state index in [4.69, 9.17) is 16.3 Å². The zero-order valence-electron chi connectivity index (χ0n) is 12.0. The average molecular weight is 361 g/mol. The van der Waals surface area contributed by atoms with Gasteiger partial charge in [-0.05, 0) is 51.3 Å². The maximum absolute atomic E-state index is 12.3. The molecule has 1 unspecified atom stereocenters. The van der Waals surface area contributed by atoms with Crippen molar-refractivity contribution in [3.63, 3.8) is 0 Å². The maximum atomic E-state index is 12.3. The van der Waals surface area contributed by atoms with Gasteiger partial charge in [0.2, 0.25) is 0 Å². The second kappa shape index (κ2) is 5.94. The van der Waals surface area contributed by atoms with E-state index in [2.05, 4.69) is 15.9 Å². The van der Waals surface area contributed by atoms with Crippen molar-refractivity contribution < 1.29 is 9.53 Å². The topological polar surface area (TPSA) is 29.5 Å². The third kappa shape index (κ3) is 3.67. The van der Waals surface area contributed by atoms with E-state index in [9.17, 15) is 4.79 Å². The lowest BCUT2D eigenvalue weighted by atomic mass is 10.0.